The van der Waals surface area contributed by atoms with Crippen LogP contribution < -0.4 is 14.5 Å². The van der Waals surface area contributed by atoms with E-state index in [-0.39, 0.29) is 0 Å². The number of phenolic OH excluding ortho intramolecular Hbond substituents is 1. The summed E-state index contributed by atoms with van der Waals surface area (Å²) in [6.45, 7) is 9.18. The summed E-state index contributed by atoms with van der Waals surface area (Å²) >= 11 is 0. The number of para-hydroxylation sites is 1. The fourth-order valence-corrected chi connectivity index (χ4v) is 2.63. The van der Waals surface area contributed by atoms with Crippen molar-refractivity contribution < 1.29 is 19.6 Å². The monoisotopic (exact) mass is 252 g/mol. The number of hydrogen-bond donors (Lipinski definition) is 3. The molecular formula is C14H24N2O2+2. The maximum atomic E-state index is 10.1. The Morgan fingerprint density at radius 1 is 1.17 bits per heavy atom. The second-order valence-corrected chi connectivity index (χ2v) is 5.00. The summed E-state index contributed by atoms with van der Waals surface area (Å²) in [6.07, 6.45) is 0. The first-order valence-electron chi connectivity index (χ1n) is 6.76. The van der Waals surface area contributed by atoms with E-state index in [1.807, 2.05) is 12.1 Å². The van der Waals surface area contributed by atoms with E-state index >= 15 is 0 Å². The van der Waals surface area contributed by atoms with Crippen LogP contribution in [-0.4, -0.2) is 44.9 Å². The molecule has 0 aliphatic carbocycles. The van der Waals surface area contributed by atoms with Crippen LogP contribution in [-0.2, 0) is 6.54 Å². The molecule has 0 radical (unpaired) electrons. The normalized spacial score (nSPS) is 23.9. The first-order chi connectivity index (χ1) is 8.74. The topological polar surface area (TPSA) is 38.3 Å². The summed E-state index contributed by atoms with van der Waals surface area (Å²) in [5.74, 6) is 0.877. The largest absolute Gasteiger partial charge is 0.504 e. The Kier molecular flexibility index (Phi) is 4.44. The molecule has 1 aromatic rings. The molecule has 100 valence electrons. The number of hydrogen-bond acceptors (Lipinski definition) is 2. The lowest BCUT2D eigenvalue weighted by Crippen LogP contribution is -3.27. The Morgan fingerprint density at radius 3 is 2.44 bits per heavy atom. The van der Waals surface area contributed by atoms with Gasteiger partial charge in [0.05, 0.1) is 19.2 Å². The zero-order valence-corrected chi connectivity index (χ0v) is 11.3. The molecule has 0 unspecified atom stereocenters. The third kappa shape index (κ3) is 2.94. The molecule has 1 aromatic carbocycles. The number of phenols is 1. The van der Waals surface area contributed by atoms with Crippen LogP contribution >= 0.6 is 0 Å². The van der Waals surface area contributed by atoms with Gasteiger partial charge in [0.2, 0.25) is 0 Å². The molecule has 0 atom stereocenters. The van der Waals surface area contributed by atoms with Crippen LogP contribution in [0.1, 0.15) is 12.5 Å². The molecule has 1 heterocycles. The molecule has 4 heteroatoms. The van der Waals surface area contributed by atoms with E-state index in [2.05, 4.69) is 6.92 Å². The molecule has 1 saturated heterocycles. The number of nitrogens with one attached hydrogen (secondary N) is 2. The summed E-state index contributed by atoms with van der Waals surface area (Å²) in [6, 6.07) is 5.73. The van der Waals surface area contributed by atoms with Crippen molar-refractivity contribution in [2.24, 2.45) is 0 Å². The van der Waals surface area contributed by atoms with Gasteiger partial charge in [0, 0.05) is 0 Å². The lowest BCUT2D eigenvalue weighted by atomic mass is 10.1. The van der Waals surface area contributed by atoms with Gasteiger partial charge in [-0.25, -0.2) is 0 Å². The van der Waals surface area contributed by atoms with Crippen LogP contribution in [0.5, 0.6) is 11.5 Å². The second kappa shape index (κ2) is 6.07. The van der Waals surface area contributed by atoms with Crippen molar-refractivity contribution in [3.8, 4) is 11.5 Å². The van der Waals surface area contributed by atoms with Crippen LogP contribution in [0.4, 0.5) is 0 Å². The van der Waals surface area contributed by atoms with Crippen molar-refractivity contribution in [3.05, 3.63) is 23.8 Å². The minimum Gasteiger partial charge on any atom is -0.504 e. The van der Waals surface area contributed by atoms with Gasteiger partial charge in [0.15, 0.2) is 11.5 Å². The Balaban J connectivity index is 1.98. The number of benzene rings is 1. The molecule has 3 N–H and O–H groups in total. The SMILES string of the molecule is CC[NH+]1CC[NH+](Cc2cccc(OC)c2O)CC1. The molecule has 2 rings (SSSR count). The van der Waals surface area contributed by atoms with E-state index in [1.165, 1.54) is 32.7 Å². The molecule has 0 bridgehead atoms. The van der Waals surface area contributed by atoms with Crippen molar-refractivity contribution >= 4 is 0 Å². The lowest BCUT2D eigenvalue weighted by molar-refractivity contribution is -1.02. The van der Waals surface area contributed by atoms with Crippen molar-refractivity contribution in [1.29, 1.82) is 0 Å². The fourth-order valence-electron chi connectivity index (χ4n) is 2.63. The van der Waals surface area contributed by atoms with Crippen LogP contribution in [0.25, 0.3) is 0 Å². The summed E-state index contributed by atoms with van der Waals surface area (Å²) < 4.78 is 5.15. The molecule has 18 heavy (non-hydrogen) atoms. The van der Waals surface area contributed by atoms with Gasteiger partial charge in [0.25, 0.3) is 0 Å². The van der Waals surface area contributed by atoms with Gasteiger partial charge in [-0.2, -0.15) is 0 Å². The van der Waals surface area contributed by atoms with Crippen LogP contribution in [0.3, 0.4) is 0 Å². The summed E-state index contributed by atoms with van der Waals surface area (Å²) in [5.41, 5.74) is 0.990. The predicted octanol–water partition coefficient (Wildman–Crippen LogP) is -1.30. The number of ether oxygens (including phenoxy) is 1. The van der Waals surface area contributed by atoms with E-state index in [0.29, 0.717) is 11.5 Å². The number of rotatable bonds is 4. The molecule has 0 amide bonds. The third-order valence-corrected chi connectivity index (χ3v) is 3.91. The highest BCUT2D eigenvalue weighted by molar-refractivity contribution is 5.44. The quantitative estimate of drug-likeness (QED) is 0.623. The lowest BCUT2D eigenvalue weighted by Gasteiger charge is -2.29. The number of piperazine rings is 1. The molecule has 1 aliphatic heterocycles. The smallest absolute Gasteiger partial charge is 0.166 e. The van der Waals surface area contributed by atoms with Crippen molar-refractivity contribution in [2.75, 3.05) is 39.8 Å². The average molecular weight is 252 g/mol. The van der Waals surface area contributed by atoms with Crippen LogP contribution in [0.15, 0.2) is 18.2 Å². The van der Waals surface area contributed by atoms with Gasteiger partial charge in [-0.3, -0.25) is 0 Å². The number of quaternary nitrogens is 2. The van der Waals surface area contributed by atoms with Gasteiger partial charge in [-0.05, 0) is 19.1 Å². The van der Waals surface area contributed by atoms with Crippen LogP contribution in [0.2, 0.25) is 0 Å². The van der Waals surface area contributed by atoms with Crippen LogP contribution in [0, 0.1) is 0 Å². The zero-order valence-electron chi connectivity index (χ0n) is 11.3. The van der Waals surface area contributed by atoms with Gasteiger partial charge in [0.1, 0.15) is 32.7 Å². The Bertz CT molecular complexity index is 387. The molecule has 0 aromatic heterocycles. The van der Waals surface area contributed by atoms with Gasteiger partial charge in [-0.1, -0.05) is 6.07 Å². The average Bonchev–Trinajstić information content (AvgIpc) is 2.42. The standard InChI is InChI=1S/C14H22N2O2/c1-3-15-7-9-16(10-8-15)11-12-5-4-6-13(18-2)14(12)17/h4-6,17H,3,7-11H2,1-2H3/p+2. The van der Waals surface area contributed by atoms with Gasteiger partial charge >= 0.3 is 0 Å². The third-order valence-electron chi connectivity index (χ3n) is 3.91. The van der Waals surface area contributed by atoms with Crippen molar-refractivity contribution in [1.82, 2.24) is 0 Å². The fraction of sp³-hybridized carbons (Fsp3) is 0.571. The minimum absolute atomic E-state index is 0.303. The molecule has 1 aliphatic rings. The van der Waals surface area contributed by atoms with Crippen molar-refractivity contribution in [3.63, 3.8) is 0 Å². The Hall–Kier alpha value is -1.26. The summed E-state index contributed by atoms with van der Waals surface area (Å²) in [4.78, 5) is 3.24. The first kappa shape index (κ1) is 13.2. The van der Waals surface area contributed by atoms with Crippen molar-refractivity contribution in [2.45, 2.75) is 13.5 Å². The van der Waals surface area contributed by atoms with Gasteiger partial charge < -0.3 is 19.6 Å². The first-order valence-corrected chi connectivity index (χ1v) is 6.76. The maximum Gasteiger partial charge on any atom is 0.166 e. The second-order valence-electron chi connectivity index (χ2n) is 5.00. The number of methoxy groups -OCH3 is 1. The Labute approximate surface area is 109 Å². The Morgan fingerprint density at radius 2 is 1.83 bits per heavy atom. The van der Waals surface area contributed by atoms with E-state index in [4.69, 9.17) is 4.74 Å². The number of aromatic hydroxyl groups is 1. The number of likely N-dealkylation sites (N-methyl/N-ethyl adjacent to an activating group) is 1. The highest BCUT2D eigenvalue weighted by Gasteiger charge is 2.22. The summed E-state index contributed by atoms with van der Waals surface area (Å²) in [5, 5.41) is 10.1. The maximum absolute atomic E-state index is 10.1. The molecular weight excluding hydrogens is 228 g/mol. The molecule has 0 saturated carbocycles. The van der Waals surface area contributed by atoms with E-state index < -0.39 is 0 Å². The van der Waals surface area contributed by atoms with E-state index in [1.54, 1.807) is 23.0 Å². The van der Waals surface area contributed by atoms with E-state index in [0.717, 1.165) is 12.1 Å². The highest BCUT2D eigenvalue weighted by atomic mass is 16.5. The molecule has 1 fully saturated rings. The zero-order chi connectivity index (χ0) is 13.0. The van der Waals surface area contributed by atoms with E-state index in [9.17, 15) is 5.11 Å². The summed E-state index contributed by atoms with van der Waals surface area (Å²) in [7, 11) is 1.59. The molecule has 0 spiro atoms. The minimum atomic E-state index is 0.303. The predicted molar refractivity (Wildman–Crippen MR) is 70.3 cm³/mol. The highest BCUT2D eigenvalue weighted by Crippen LogP contribution is 2.28. The molecule has 4 nitrogen and oxygen atoms in total. The van der Waals surface area contributed by atoms with Gasteiger partial charge in [-0.15, -0.1) is 0 Å².